The molecule has 130 valence electrons. The van der Waals surface area contributed by atoms with E-state index in [9.17, 15) is 17.2 Å². The van der Waals surface area contributed by atoms with Crippen molar-refractivity contribution in [2.75, 3.05) is 4.72 Å². The number of rotatable bonds is 5. The maximum atomic E-state index is 13.7. The molecular formula is C16H12ClF2N3O2S. The summed E-state index contributed by atoms with van der Waals surface area (Å²) in [6.45, 7) is 0.340. The van der Waals surface area contributed by atoms with Crippen molar-refractivity contribution in [3.63, 3.8) is 0 Å². The van der Waals surface area contributed by atoms with Gasteiger partial charge in [-0.05, 0) is 23.8 Å². The maximum absolute atomic E-state index is 13.7. The van der Waals surface area contributed by atoms with Crippen LogP contribution in [0.15, 0.2) is 59.8 Å². The predicted octanol–water partition coefficient (Wildman–Crippen LogP) is 3.66. The molecule has 0 atom stereocenters. The largest absolute Gasteiger partial charge is 0.276 e. The van der Waals surface area contributed by atoms with Gasteiger partial charge >= 0.3 is 0 Å². The Bertz CT molecular complexity index is 1020. The topological polar surface area (TPSA) is 64.0 Å². The highest BCUT2D eigenvalue weighted by atomic mass is 35.5. The van der Waals surface area contributed by atoms with E-state index in [0.717, 1.165) is 17.7 Å². The van der Waals surface area contributed by atoms with E-state index >= 15 is 0 Å². The maximum Gasteiger partial charge on any atom is 0.264 e. The molecule has 0 saturated carbocycles. The lowest BCUT2D eigenvalue weighted by molar-refractivity contribution is 0.551. The summed E-state index contributed by atoms with van der Waals surface area (Å²) in [5.74, 6) is -2.03. The van der Waals surface area contributed by atoms with Crippen LogP contribution in [0.4, 0.5) is 14.5 Å². The molecule has 0 spiro atoms. The highest BCUT2D eigenvalue weighted by Gasteiger charge is 2.20. The Morgan fingerprint density at radius 3 is 2.64 bits per heavy atom. The average Bonchev–Trinajstić information content (AvgIpc) is 2.95. The molecule has 0 aliphatic rings. The van der Waals surface area contributed by atoms with Crippen LogP contribution in [0, 0.1) is 11.6 Å². The molecule has 9 heteroatoms. The molecule has 1 aromatic heterocycles. The van der Waals surface area contributed by atoms with Crippen LogP contribution in [0.1, 0.15) is 5.56 Å². The Balaban J connectivity index is 1.80. The first-order chi connectivity index (χ1) is 11.8. The van der Waals surface area contributed by atoms with Gasteiger partial charge in [0.05, 0.1) is 18.4 Å². The number of aromatic nitrogens is 2. The highest BCUT2D eigenvalue weighted by molar-refractivity contribution is 7.92. The molecular weight excluding hydrogens is 372 g/mol. The zero-order chi connectivity index (χ0) is 18.0. The van der Waals surface area contributed by atoms with Crippen molar-refractivity contribution < 1.29 is 17.2 Å². The van der Waals surface area contributed by atoms with Gasteiger partial charge < -0.3 is 0 Å². The second kappa shape index (κ2) is 6.81. The number of anilines is 1. The van der Waals surface area contributed by atoms with E-state index in [1.165, 1.54) is 17.1 Å². The van der Waals surface area contributed by atoms with Crippen molar-refractivity contribution in [2.45, 2.75) is 11.4 Å². The second-order valence-corrected chi connectivity index (χ2v) is 7.26. The molecule has 0 amide bonds. The number of sulfonamides is 1. The van der Waals surface area contributed by atoms with Crippen molar-refractivity contribution in [3.05, 3.63) is 77.1 Å². The van der Waals surface area contributed by atoms with Gasteiger partial charge in [-0.15, -0.1) is 0 Å². The molecule has 0 fully saturated rings. The molecule has 1 heterocycles. The van der Waals surface area contributed by atoms with Gasteiger partial charge in [-0.1, -0.05) is 29.8 Å². The highest BCUT2D eigenvalue weighted by Crippen LogP contribution is 2.20. The third-order valence-corrected chi connectivity index (χ3v) is 5.14. The van der Waals surface area contributed by atoms with Crippen LogP contribution in [0.25, 0.3) is 0 Å². The van der Waals surface area contributed by atoms with Gasteiger partial charge in [0.2, 0.25) is 0 Å². The van der Waals surface area contributed by atoms with Crippen molar-refractivity contribution in [2.24, 2.45) is 0 Å². The van der Waals surface area contributed by atoms with E-state index in [-0.39, 0.29) is 5.69 Å². The van der Waals surface area contributed by atoms with E-state index in [4.69, 9.17) is 11.6 Å². The fraction of sp³-hybridized carbons (Fsp3) is 0.0625. The number of hydrogen-bond acceptors (Lipinski definition) is 3. The van der Waals surface area contributed by atoms with Gasteiger partial charge in [-0.25, -0.2) is 17.2 Å². The molecule has 2 aromatic carbocycles. The molecule has 0 bridgehead atoms. The third-order valence-electron chi connectivity index (χ3n) is 3.36. The lowest BCUT2D eigenvalue weighted by atomic mass is 10.2. The van der Waals surface area contributed by atoms with Crippen molar-refractivity contribution >= 4 is 27.3 Å². The fourth-order valence-electron chi connectivity index (χ4n) is 2.21. The van der Waals surface area contributed by atoms with Gasteiger partial charge in [0.1, 0.15) is 16.5 Å². The Kier molecular flexibility index (Phi) is 4.73. The Morgan fingerprint density at radius 1 is 1.16 bits per heavy atom. The smallest absolute Gasteiger partial charge is 0.264 e. The van der Waals surface area contributed by atoms with Crippen LogP contribution in [-0.4, -0.2) is 18.2 Å². The summed E-state index contributed by atoms with van der Waals surface area (Å²) in [5, 5.41) is 4.61. The Hall–Kier alpha value is -2.45. The van der Waals surface area contributed by atoms with Crippen LogP contribution < -0.4 is 4.72 Å². The van der Waals surface area contributed by atoms with Gasteiger partial charge in [-0.2, -0.15) is 5.10 Å². The first-order valence-electron chi connectivity index (χ1n) is 7.09. The van der Waals surface area contributed by atoms with Crippen LogP contribution >= 0.6 is 11.6 Å². The van der Waals surface area contributed by atoms with Crippen LogP contribution in [0.5, 0.6) is 0 Å². The second-order valence-electron chi connectivity index (χ2n) is 5.20. The van der Waals surface area contributed by atoms with Gasteiger partial charge in [0.15, 0.2) is 0 Å². The molecule has 0 unspecified atom stereocenters. The van der Waals surface area contributed by atoms with E-state index in [0.29, 0.717) is 17.6 Å². The first-order valence-corrected chi connectivity index (χ1v) is 8.95. The summed E-state index contributed by atoms with van der Waals surface area (Å²) in [5.41, 5.74) is 0.960. The quantitative estimate of drug-likeness (QED) is 0.731. The predicted molar refractivity (Wildman–Crippen MR) is 89.9 cm³/mol. The number of nitrogens with zero attached hydrogens (tertiary/aromatic N) is 2. The third kappa shape index (κ3) is 3.97. The SMILES string of the molecule is O=S(=O)(Nc1cnn(Cc2ccccc2Cl)c1)c1ccc(F)cc1F. The van der Waals surface area contributed by atoms with Crippen molar-refractivity contribution in [3.8, 4) is 0 Å². The van der Waals surface area contributed by atoms with E-state index in [1.807, 2.05) is 12.1 Å². The van der Waals surface area contributed by atoms with Crippen molar-refractivity contribution in [1.29, 1.82) is 0 Å². The molecule has 25 heavy (non-hydrogen) atoms. The lowest BCUT2D eigenvalue weighted by Gasteiger charge is -2.07. The molecule has 0 aliphatic heterocycles. The van der Waals surface area contributed by atoms with E-state index in [1.54, 1.807) is 12.1 Å². The number of nitrogens with one attached hydrogen (secondary N) is 1. The normalized spacial score (nSPS) is 11.5. The first kappa shape index (κ1) is 17.4. The molecule has 3 rings (SSSR count). The zero-order valence-electron chi connectivity index (χ0n) is 12.7. The van der Waals surface area contributed by atoms with Gasteiger partial charge in [-0.3, -0.25) is 9.40 Å². The van der Waals surface area contributed by atoms with Gasteiger partial charge in [0.25, 0.3) is 10.0 Å². The molecule has 5 nitrogen and oxygen atoms in total. The molecule has 0 saturated heterocycles. The molecule has 1 N–H and O–H groups in total. The summed E-state index contributed by atoms with van der Waals surface area (Å²) < 4.78 is 54.8. The molecule has 3 aromatic rings. The lowest BCUT2D eigenvalue weighted by Crippen LogP contribution is -2.14. The summed E-state index contributed by atoms with van der Waals surface area (Å²) in [7, 11) is -4.20. The number of benzene rings is 2. The van der Waals surface area contributed by atoms with Crippen LogP contribution in [-0.2, 0) is 16.6 Å². The monoisotopic (exact) mass is 383 g/mol. The van der Waals surface area contributed by atoms with Crippen molar-refractivity contribution in [1.82, 2.24) is 9.78 Å². The standard InChI is InChI=1S/C16H12ClF2N3O2S/c17-14-4-2-1-3-11(14)9-22-10-13(8-20-22)21-25(23,24)16-6-5-12(18)7-15(16)19/h1-8,10,21H,9H2. The van der Waals surface area contributed by atoms with Gasteiger partial charge in [0, 0.05) is 17.3 Å². The van der Waals surface area contributed by atoms with Crippen LogP contribution in [0.2, 0.25) is 5.02 Å². The summed E-state index contributed by atoms with van der Waals surface area (Å²) in [6, 6.07) is 9.43. The minimum Gasteiger partial charge on any atom is -0.276 e. The average molecular weight is 384 g/mol. The Labute approximate surface area is 147 Å². The molecule has 0 aliphatic carbocycles. The zero-order valence-corrected chi connectivity index (χ0v) is 14.2. The van der Waals surface area contributed by atoms with Crippen LogP contribution in [0.3, 0.4) is 0 Å². The summed E-state index contributed by atoms with van der Waals surface area (Å²) in [4.78, 5) is -0.646. The summed E-state index contributed by atoms with van der Waals surface area (Å²) >= 11 is 6.07. The Morgan fingerprint density at radius 2 is 1.92 bits per heavy atom. The minimum absolute atomic E-state index is 0.149. The van der Waals surface area contributed by atoms with E-state index in [2.05, 4.69) is 9.82 Å². The minimum atomic E-state index is -4.20. The number of halogens is 3. The molecule has 0 radical (unpaired) electrons. The summed E-state index contributed by atoms with van der Waals surface area (Å²) in [6.07, 6.45) is 2.73. The number of hydrogen-bond donors (Lipinski definition) is 1. The fourth-order valence-corrected chi connectivity index (χ4v) is 3.49. The van der Waals surface area contributed by atoms with E-state index < -0.39 is 26.6 Å².